The van der Waals surface area contributed by atoms with Gasteiger partial charge in [-0.3, -0.25) is 4.79 Å². The van der Waals surface area contributed by atoms with E-state index in [0.29, 0.717) is 0 Å². The molecule has 0 atom stereocenters. The number of rotatable bonds is 6. The second-order valence-corrected chi connectivity index (χ2v) is 8.07. The highest BCUT2D eigenvalue weighted by Crippen LogP contribution is 2.23. The van der Waals surface area contributed by atoms with Crippen molar-refractivity contribution in [3.63, 3.8) is 0 Å². The van der Waals surface area contributed by atoms with E-state index in [-0.39, 0.29) is 39.3 Å². The third kappa shape index (κ3) is 4.10. The summed E-state index contributed by atoms with van der Waals surface area (Å²) in [6, 6.07) is 7.88. The van der Waals surface area contributed by atoms with Gasteiger partial charge in [-0.2, -0.15) is 0 Å². The molecule has 1 aliphatic rings. The Kier molecular flexibility index (Phi) is 4.87. The predicted molar refractivity (Wildman–Crippen MR) is 91.8 cm³/mol. The molecule has 3 N–H and O–H groups in total. The van der Waals surface area contributed by atoms with E-state index in [4.69, 9.17) is 23.2 Å². The largest absolute Gasteiger partial charge is 0.347 e. The topological polar surface area (TPSA) is 91.1 Å². The molecule has 1 amide bonds. The number of hydrogen-bond donors (Lipinski definition) is 3. The van der Waals surface area contributed by atoms with E-state index in [1.54, 1.807) is 12.1 Å². The lowest BCUT2D eigenvalue weighted by molar-refractivity contribution is 0.0946. The van der Waals surface area contributed by atoms with Crippen LogP contribution in [0.1, 0.15) is 28.9 Å². The number of halogens is 2. The highest BCUT2D eigenvalue weighted by atomic mass is 35.5. The van der Waals surface area contributed by atoms with Crippen molar-refractivity contribution in [2.24, 2.45) is 0 Å². The highest BCUT2D eigenvalue weighted by molar-refractivity contribution is 7.89. The average Bonchev–Trinajstić information content (AvgIpc) is 3.28. The monoisotopic (exact) mass is 387 g/mol. The van der Waals surface area contributed by atoms with Gasteiger partial charge in [-0.05, 0) is 36.6 Å². The maximum Gasteiger partial charge on any atom is 0.268 e. The number of aromatic amines is 1. The van der Waals surface area contributed by atoms with Crippen LogP contribution in [-0.4, -0.2) is 25.4 Å². The van der Waals surface area contributed by atoms with E-state index < -0.39 is 10.0 Å². The summed E-state index contributed by atoms with van der Waals surface area (Å²) in [7, 11) is -3.46. The lowest BCUT2D eigenvalue weighted by Crippen LogP contribution is -2.26. The van der Waals surface area contributed by atoms with Crippen molar-refractivity contribution in [1.29, 1.82) is 0 Å². The lowest BCUT2D eigenvalue weighted by atomic mass is 10.2. The van der Waals surface area contributed by atoms with E-state index in [1.165, 1.54) is 18.2 Å². The zero-order valence-corrected chi connectivity index (χ0v) is 14.8. The van der Waals surface area contributed by atoms with Crippen LogP contribution in [0.3, 0.4) is 0 Å². The van der Waals surface area contributed by atoms with Crippen LogP contribution in [0.4, 0.5) is 0 Å². The number of carbonyl (C=O) groups is 1. The zero-order valence-electron chi connectivity index (χ0n) is 12.5. The van der Waals surface area contributed by atoms with Gasteiger partial charge in [0.2, 0.25) is 10.0 Å². The van der Waals surface area contributed by atoms with Crippen molar-refractivity contribution in [3.8, 4) is 0 Å². The number of benzene rings is 1. The third-order valence-electron chi connectivity index (χ3n) is 3.56. The lowest BCUT2D eigenvalue weighted by Gasteiger charge is -2.07. The standard InChI is InChI=1S/C15H15Cl2N3O3S/c16-12-7-13(19-14(12)17)15(21)18-8-9-1-5-11(6-2-9)24(22,23)20-10-3-4-10/h1-2,5-7,10,19-20H,3-4,8H2,(H,18,21). The van der Waals surface area contributed by atoms with Gasteiger partial charge in [-0.1, -0.05) is 35.3 Å². The van der Waals surface area contributed by atoms with Crippen molar-refractivity contribution in [2.45, 2.75) is 30.3 Å². The van der Waals surface area contributed by atoms with Gasteiger partial charge in [0.05, 0.1) is 9.92 Å². The van der Waals surface area contributed by atoms with Crippen LogP contribution < -0.4 is 10.0 Å². The molecule has 6 nitrogen and oxygen atoms in total. The Balaban J connectivity index is 1.60. The van der Waals surface area contributed by atoms with Gasteiger partial charge in [0, 0.05) is 12.6 Å². The van der Waals surface area contributed by atoms with Crippen LogP contribution in [0, 0.1) is 0 Å². The molecule has 3 rings (SSSR count). The number of aromatic nitrogens is 1. The van der Waals surface area contributed by atoms with Crippen molar-refractivity contribution in [3.05, 3.63) is 51.8 Å². The first kappa shape index (κ1) is 17.3. The van der Waals surface area contributed by atoms with E-state index in [9.17, 15) is 13.2 Å². The number of amides is 1. The van der Waals surface area contributed by atoms with Crippen molar-refractivity contribution in [1.82, 2.24) is 15.0 Å². The molecule has 0 bridgehead atoms. The molecule has 1 aromatic carbocycles. The average molecular weight is 388 g/mol. The highest BCUT2D eigenvalue weighted by Gasteiger charge is 2.27. The summed E-state index contributed by atoms with van der Waals surface area (Å²) in [4.78, 5) is 14.9. The predicted octanol–water partition coefficient (Wildman–Crippen LogP) is 2.69. The second kappa shape index (κ2) is 6.76. The van der Waals surface area contributed by atoms with Crippen LogP contribution in [0.25, 0.3) is 0 Å². The molecule has 0 radical (unpaired) electrons. The molecule has 0 saturated heterocycles. The van der Waals surface area contributed by atoms with Crippen LogP contribution in [0.15, 0.2) is 35.2 Å². The molecule has 1 aliphatic carbocycles. The van der Waals surface area contributed by atoms with Crippen LogP contribution in [-0.2, 0) is 16.6 Å². The van der Waals surface area contributed by atoms with E-state index in [1.807, 2.05) is 0 Å². The first-order valence-electron chi connectivity index (χ1n) is 7.28. The summed E-state index contributed by atoms with van der Waals surface area (Å²) >= 11 is 11.5. The molecule has 24 heavy (non-hydrogen) atoms. The molecule has 0 unspecified atom stereocenters. The van der Waals surface area contributed by atoms with Crippen LogP contribution in [0.5, 0.6) is 0 Å². The fraction of sp³-hybridized carbons (Fsp3) is 0.267. The molecule has 0 spiro atoms. The van der Waals surface area contributed by atoms with Crippen molar-refractivity contribution < 1.29 is 13.2 Å². The Labute approximate surface area is 149 Å². The number of sulfonamides is 1. The van der Waals surface area contributed by atoms with E-state index in [2.05, 4.69) is 15.0 Å². The summed E-state index contributed by atoms with van der Waals surface area (Å²) in [5.74, 6) is -0.351. The van der Waals surface area contributed by atoms with E-state index in [0.717, 1.165) is 18.4 Å². The second-order valence-electron chi connectivity index (χ2n) is 5.57. The normalized spacial score (nSPS) is 14.6. The SMILES string of the molecule is O=C(NCc1ccc(S(=O)(=O)NC2CC2)cc1)c1cc(Cl)c(Cl)[nH]1. The molecule has 1 aromatic heterocycles. The van der Waals surface area contributed by atoms with E-state index >= 15 is 0 Å². The molecule has 9 heteroatoms. The number of H-pyrrole nitrogens is 1. The summed E-state index contributed by atoms with van der Waals surface area (Å²) in [5, 5.41) is 3.19. The van der Waals surface area contributed by atoms with Gasteiger partial charge in [0.25, 0.3) is 5.91 Å². The summed E-state index contributed by atoms with van der Waals surface area (Å²) in [5.41, 5.74) is 1.04. The van der Waals surface area contributed by atoms with Gasteiger partial charge in [0.15, 0.2) is 0 Å². The molecular formula is C15H15Cl2N3O3S. The maximum absolute atomic E-state index is 12.1. The molecule has 0 aliphatic heterocycles. The smallest absolute Gasteiger partial charge is 0.268 e. The molecule has 1 fully saturated rings. The summed E-state index contributed by atoms with van der Waals surface area (Å²) in [6.45, 7) is 0.253. The minimum Gasteiger partial charge on any atom is -0.347 e. The van der Waals surface area contributed by atoms with Crippen LogP contribution >= 0.6 is 23.2 Å². The Hall–Kier alpha value is -1.54. The Bertz CT molecular complexity index is 839. The van der Waals surface area contributed by atoms with Gasteiger partial charge in [-0.15, -0.1) is 0 Å². The molecule has 2 aromatic rings. The summed E-state index contributed by atoms with van der Waals surface area (Å²) in [6.07, 6.45) is 1.77. The minimum absolute atomic E-state index is 0.0633. The zero-order chi connectivity index (χ0) is 17.3. The number of nitrogens with one attached hydrogen (secondary N) is 3. The molecule has 1 saturated carbocycles. The Morgan fingerprint density at radius 2 is 1.88 bits per heavy atom. The van der Waals surface area contributed by atoms with Crippen molar-refractivity contribution in [2.75, 3.05) is 0 Å². The Morgan fingerprint density at radius 3 is 2.42 bits per heavy atom. The van der Waals surface area contributed by atoms with Crippen LogP contribution in [0.2, 0.25) is 10.2 Å². The summed E-state index contributed by atoms with van der Waals surface area (Å²) < 4.78 is 26.8. The number of hydrogen-bond acceptors (Lipinski definition) is 3. The van der Waals surface area contributed by atoms with Gasteiger partial charge < -0.3 is 10.3 Å². The minimum atomic E-state index is -3.46. The van der Waals surface area contributed by atoms with Crippen molar-refractivity contribution >= 4 is 39.1 Å². The van der Waals surface area contributed by atoms with Gasteiger partial charge in [0.1, 0.15) is 10.8 Å². The fourth-order valence-corrected chi connectivity index (χ4v) is 3.70. The van der Waals surface area contributed by atoms with Gasteiger partial charge in [-0.25, -0.2) is 13.1 Å². The molecule has 128 valence electrons. The fourth-order valence-electron chi connectivity index (χ4n) is 2.08. The Morgan fingerprint density at radius 1 is 1.21 bits per heavy atom. The first-order valence-corrected chi connectivity index (χ1v) is 9.52. The molecular weight excluding hydrogens is 373 g/mol. The van der Waals surface area contributed by atoms with Gasteiger partial charge >= 0.3 is 0 Å². The third-order valence-corrected chi connectivity index (χ3v) is 5.78. The quantitative estimate of drug-likeness (QED) is 0.711. The maximum atomic E-state index is 12.1. The number of carbonyl (C=O) groups excluding carboxylic acids is 1. The molecule has 1 heterocycles. The first-order chi connectivity index (χ1) is 11.3.